The molecule has 0 bridgehead atoms. The largest absolute Gasteiger partial charge is 0.543 e. The van der Waals surface area contributed by atoms with Crippen molar-refractivity contribution in [1.82, 2.24) is 0 Å². The lowest BCUT2D eigenvalue weighted by Gasteiger charge is -2.28. The summed E-state index contributed by atoms with van der Waals surface area (Å²) in [4.78, 5) is 17.9. The van der Waals surface area contributed by atoms with Crippen molar-refractivity contribution >= 4 is 58.3 Å². The highest BCUT2D eigenvalue weighted by molar-refractivity contribution is 7.96. The van der Waals surface area contributed by atoms with Gasteiger partial charge in [-0.1, -0.05) is 116 Å². The topological polar surface area (TPSA) is 80.3 Å². The molecule has 0 N–H and O–H groups in total. The number of hydrogen-bond donors (Lipinski definition) is 0. The number of carboxylic acid groups (broad SMARTS) is 2. The average molecular weight is 711 g/mol. The van der Waals surface area contributed by atoms with Crippen LogP contribution in [0.1, 0.15) is 32.1 Å². The van der Waals surface area contributed by atoms with Gasteiger partial charge in [-0.15, -0.1) is 0 Å². The molecule has 0 aromatic heterocycles. The molecule has 0 saturated carbocycles. The van der Waals surface area contributed by atoms with Crippen molar-refractivity contribution in [2.24, 2.45) is 0 Å². The Balaban J connectivity index is 0.000000774. The van der Waals surface area contributed by atoms with Gasteiger partial charge in [0.2, 0.25) is 0 Å². The Bertz CT molecular complexity index is 1570. The van der Waals surface area contributed by atoms with E-state index in [-0.39, 0.29) is 0 Å². The van der Waals surface area contributed by atoms with Gasteiger partial charge < -0.3 is 19.8 Å². The number of carbonyl (C=O) groups is 2. The van der Waals surface area contributed by atoms with E-state index in [1.165, 1.54) is 76.3 Å². The third-order valence-electron chi connectivity index (χ3n) is 9.34. The zero-order valence-corrected chi connectivity index (χ0v) is 30.6. The second kappa shape index (κ2) is 18.9. The maximum atomic E-state index is 8.93. The van der Waals surface area contributed by atoms with Crippen molar-refractivity contribution < 1.29 is 19.8 Å². The number of carboxylic acids is 2. The molecule has 6 heteroatoms. The molecule has 6 aromatic rings. The highest BCUT2D eigenvalue weighted by Gasteiger charge is 2.45. The molecule has 0 aliphatic heterocycles. The Kier molecular flexibility index (Phi) is 13.9. The Hall–Kier alpha value is -4.88. The molecule has 0 atom stereocenters. The van der Waals surface area contributed by atoms with E-state index < -0.39 is 26.5 Å². The lowest BCUT2D eigenvalue weighted by molar-refractivity contribution is -0.345. The zero-order valence-electron chi connectivity index (χ0n) is 28.8. The van der Waals surface area contributed by atoms with Crippen molar-refractivity contribution in [3.05, 3.63) is 182 Å². The average Bonchev–Trinajstić information content (AvgIpc) is 3.20. The second-order valence-corrected chi connectivity index (χ2v) is 19.7. The number of unbranched alkanes of at least 4 members (excludes halogenated alkanes) is 4. The standard InChI is InChI=1S/C43H44P2.C2H2O4/c1(2-22-36-44(38-24-10-4-11-25-38,39-26-12-5-13-27-39)40-28-14-6-15-29-40)3-23-37-45(41-30-16-7-17-31-41,42-32-18-8-19-33-42)43-34-20-9-21-35-43;3-1(4)2(5)6/h4-21,24-35H,1-3,22-23,36-37H2;(H,3,4)(H,5,6)/q+2;/p-2. The number of carbonyl (C=O) groups excluding carboxylic acids is 2. The molecule has 0 radical (unpaired) electrons. The van der Waals surface area contributed by atoms with Gasteiger partial charge in [0.15, 0.2) is 0 Å². The summed E-state index contributed by atoms with van der Waals surface area (Å²) >= 11 is 0. The molecule has 0 saturated heterocycles. The first-order valence-corrected chi connectivity index (χ1v) is 21.5. The van der Waals surface area contributed by atoms with Crippen molar-refractivity contribution in [3.8, 4) is 0 Å². The summed E-state index contributed by atoms with van der Waals surface area (Å²) in [6, 6.07) is 68.0. The number of rotatable bonds is 14. The van der Waals surface area contributed by atoms with E-state index in [9.17, 15) is 0 Å². The first-order chi connectivity index (χ1) is 25.0. The van der Waals surface area contributed by atoms with Gasteiger partial charge in [-0.05, 0) is 98.5 Å². The van der Waals surface area contributed by atoms with Crippen LogP contribution in [0.25, 0.3) is 0 Å². The van der Waals surface area contributed by atoms with Crippen LogP contribution in [0.5, 0.6) is 0 Å². The fourth-order valence-corrected chi connectivity index (χ4v) is 15.8. The minimum atomic E-state index is -2.19. The predicted octanol–water partition coefficient (Wildman–Crippen LogP) is 5.41. The molecule has 0 heterocycles. The van der Waals surface area contributed by atoms with E-state index in [2.05, 4.69) is 182 Å². The molecule has 6 aromatic carbocycles. The number of hydrogen-bond acceptors (Lipinski definition) is 4. The third kappa shape index (κ3) is 9.27. The first kappa shape index (κ1) is 37.4. The lowest BCUT2D eigenvalue weighted by atomic mass is 10.2. The molecule has 6 rings (SSSR count). The van der Waals surface area contributed by atoms with Gasteiger partial charge in [-0.25, -0.2) is 0 Å². The van der Waals surface area contributed by atoms with Crippen LogP contribution in [0.2, 0.25) is 0 Å². The Morgan fingerprint density at radius 1 is 0.314 bits per heavy atom. The van der Waals surface area contributed by atoms with Crippen LogP contribution in [0, 0.1) is 0 Å². The van der Waals surface area contributed by atoms with E-state index in [4.69, 9.17) is 19.8 Å². The highest BCUT2D eigenvalue weighted by atomic mass is 31.2. The summed E-state index contributed by atoms with van der Waals surface area (Å²) in [6.07, 6.45) is 8.70. The Labute approximate surface area is 303 Å². The predicted molar refractivity (Wildman–Crippen MR) is 213 cm³/mol. The van der Waals surface area contributed by atoms with Gasteiger partial charge in [0, 0.05) is 0 Å². The van der Waals surface area contributed by atoms with Crippen LogP contribution in [-0.4, -0.2) is 24.3 Å². The van der Waals surface area contributed by atoms with Gasteiger partial charge in [0.1, 0.15) is 46.4 Å². The summed E-state index contributed by atoms with van der Waals surface area (Å²) < 4.78 is 0. The minimum absolute atomic E-state index is 1.21. The van der Waals surface area contributed by atoms with Crippen molar-refractivity contribution in [2.45, 2.75) is 32.1 Å². The van der Waals surface area contributed by atoms with Crippen LogP contribution in [-0.2, 0) is 9.59 Å². The Morgan fingerprint density at radius 2 is 0.490 bits per heavy atom. The first-order valence-electron chi connectivity index (χ1n) is 17.5. The van der Waals surface area contributed by atoms with Gasteiger partial charge in [0.05, 0.1) is 24.3 Å². The lowest BCUT2D eigenvalue weighted by Crippen LogP contribution is -2.42. The summed E-state index contributed by atoms with van der Waals surface area (Å²) in [5.41, 5.74) is 0. The minimum Gasteiger partial charge on any atom is -0.543 e. The summed E-state index contributed by atoms with van der Waals surface area (Å²) in [7, 11) is -3.50. The molecule has 51 heavy (non-hydrogen) atoms. The van der Waals surface area contributed by atoms with Crippen LogP contribution in [0.3, 0.4) is 0 Å². The van der Waals surface area contributed by atoms with Crippen LogP contribution >= 0.6 is 14.5 Å². The molecule has 0 fully saturated rings. The van der Waals surface area contributed by atoms with Gasteiger partial charge in [-0.3, -0.25) is 0 Å². The molecular weight excluding hydrogens is 666 g/mol. The molecule has 0 aliphatic carbocycles. The molecule has 0 aliphatic rings. The maximum Gasteiger partial charge on any atom is 0.112 e. The van der Waals surface area contributed by atoms with E-state index in [1.807, 2.05) is 0 Å². The molecular formula is C45H44O4P2. The highest BCUT2D eigenvalue weighted by Crippen LogP contribution is 2.57. The normalized spacial score (nSPS) is 11.2. The Morgan fingerprint density at radius 3 is 0.667 bits per heavy atom. The second-order valence-electron chi connectivity index (χ2n) is 12.4. The van der Waals surface area contributed by atoms with Crippen molar-refractivity contribution in [2.75, 3.05) is 12.3 Å². The van der Waals surface area contributed by atoms with Crippen LogP contribution < -0.4 is 42.0 Å². The molecule has 4 nitrogen and oxygen atoms in total. The number of benzene rings is 6. The number of aliphatic carboxylic acids is 2. The summed E-state index contributed by atoms with van der Waals surface area (Å²) in [5, 5.41) is 26.8. The molecule has 0 amide bonds. The fourth-order valence-electron chi connectivity index (χ4n) is 6.99. The monoisotopic (exact) mass is 710 g/mol. The summed E-state index contributed by atoms with van der Waals surface area (Å²) in [6.45, 7) is 0. The quantitative estimate of drug-likeness (QED) is 0.0861. The SMILES string of the molecule is O=C([O-])C(=O)[O-].c1ccc([P+](CCCCCCC[P+](c2ccccc2)(c2ccccc2)c2ccccc2)(c2ccccc2)c2ccccc2)cc1. The van der Waals surface area contributed by atoms with E-state index in [1.54, 1.807) is 0 Å². The van der Waals surface area contributed by atoms with E-state index in [0.717, 1.165) is 0 Å². The van der Waals surface area contributed by atoms with Gasteiger partial charge in [-0.2, -0.15) is 0 Å². The maximum absolute atomic E-state index is 8.93. The van der Waals surface area contributed by atoms with Crippen LogP contribution in [0.15, 0.2) is 182 Å². The van der Waals surface area contributed by atoms with Crippen molar-refractivity contribution in [3.63, 3.8) is 0 Å². The van der Waals surface area contributed by atoms with E-state index in [0.29, 0.717) is 0 Å². The third-order valence-corrected chi connectivity index (χ3v) is 18.4. The molecule has 0 spiro atoms. The van der Waals surface area contributed by atoms with Crippen molar-refractivity contribution in [1.29, 1.82) is 0 Å². The zero-order chi connectivity index (χ0) is 35.8. The summed E-state index contributed by atoms with van der Waals surface area (Å²) in [5.74, 6) is -4.37. The molecule has 258 valence electrons. The molecule has 0 unspecified atom stereocenters. The van der Waals surface area contributed by atoms with Gasteiger partial charge in [0.25, 0.3) is 0 Å². The van der Waals surface area contributed by atoms with E-state index >= 15 is 0 Å². The smallest absolute Gasteiger partial charge is 0.112 e. The van der Waals surface area contributed by atoms with Crippen LogP contribution in [0.4, 0.5) is 0 Å². The fraction of sp³-hybridized carbons (Fsp3) is 0.156. The van der Waals surface area contributed by atoms with Gasteiger partial charge >= 0.3 is 0 Å².